The van der Waals surface area contributed by atoms with E-state index in [0.717, 1.165) is 29.6 Å². The van der Waals surface area contributed by atoms with Gasteiger partial charge in [-0.05, 0) is 37.0 Å². The Hall–Kier alpha value is -1.31. The van der Waals surface area contributed by atoms with Crippen molar-refractivity contribution in [2.45, 2.75) is 26.7 Å². The highest BCUT2D eigenvalue weighted by molar-refractivity contribution is 5.51. The lowest BCUT2D eigenvalue weighted by atomic mass is 10.0. The van der Waals surface area contributed by atoms with E-state index in [1.54, 1.807) is 7.11 Å². The molecule has 0 aliphatic carbocycles. The van der Waals surface area contributed by atoms with Gasteiger partial charge in [0.15, 0.2) is 0 Å². The van der Waals surface area contributed by atoms with Crippen LogP contribution >= 0.6 is 0 Å². The summed E-state index contributed by atoms with van der Waals surface area (Å²) in [5.41, 5.74) is 3.47. The van der Waals surface area contributed by atoms with Gasteiger partial charge >= 0.3 is 0 Å². The third kappa shape index (κ3) is 2.34. The summed E-state index contributed by atoms with van der Waals surface area (Å²) in [4.78, 5) is 10.2. The van der Waals surface area contributed by atoms with Gasteiger partial charge in [0.2, 0.25) is 0 Å². The second-order valence-corrected chi connectivity index (χ2v) is 3.47. The zero-order valence-corrected chi connectivity index (χ0v) is 8.96. The summed E-state index contributed by atoms with van der Waals surface area (Å²) < 4.78 is 5.27. The van der Waals surface area contributed by atoms with Crippen molar-refractivity contribution in [3.8, 4) is 5.75 Å². The summed E-state index contributed by atoms with van der Waals surface area (Å²) in [7, 11) is 1.68. The number of carbonyl (C=O) groups is 1. The van der Waals surface area contributed by atoms with Crippen molar-refractivity contribution in [2.24, 2.45) is 0 Å². The van der Waals surface area contributed by atoms with Crippen LogP contribution in [-0.2, 0) is 11.2 Å². The molecule has 0 aliphatic heterocycles. The minimum Gasteiger partial charge on any atom is -0.496 e. The van der Waals surface area contributed by atoms with Gasteiger partial charge in [0.1, 0.15) is 12.0 Å². The third-order valence-corrected chi connectivity index (χ3v) is 2.28. The number of aldehydes is 1. The van der Waals surface area contributed by atoms with Gasteiger partial charge in [0.05, 0.1) is 7.11 Å². The molecule has 14 heavy (non-hydrogen) atoms. The molecule has 2 heteroatoms. The Labute approximate surface area is 84.9 Å². The fraction of sp³-hybridized carbons (Fsp3) is 0.417. The van der Waals surface area contributed by atoms with Crippen LogP contribution in [0.1, 0.15) is 23.1 Å². The monoisotopic (exact) mass is 192 g/mol. The molecule has 76 valence electrons. The number of ether oxygens (including phenoxy) is 1. The smallest absolute Gasteiger partial charge is 0.124 e. The van der Waals surface area contributed by atoms with Gasteiger partial charge in [-0.1, -0.05) is 12.1 Å². The molecule has 1 aromatic carbocycles. The van der Waals surface area contributed by atoms with Crippen LogP contribution in [0.4, 0.5) is 0 Å². The fourth-order valence-electron chi connectivity index (χ4n) is 1.73. The first-order valence-electron chi connectivity index (χ1n) is 4.76. The van der Waals surface area contributed by atoms with Gasteiger partial charge in [-0.2, -0.15) is 0 Å². The molecule has 0 amide bonds. The zero-order chi connectivity index (χ0) is 10.6. The van der Waals surface area contributed by atoms with Gasteiger partial charge < -0.3 is 9.53 Å². The summed E-state index contributed by atoms with van der Waals surface area (Å²) in [5, 5.41) is 0. The van der Waals surface area contributed by atoms with Crippen LogP contribution in [-0.4, -0.2) is 13.4 Å². The van der Waals surface area contributed by atoms with Crippen molar-refractivity contribution < 1.29 is 9.53 Å². The number of aryl methyl sites for hydroxylation is 3. The van der Waals surface area contributed by atoms with Gasteiger partial charge in [-0.15, -0.1) is 0 Å². The van der Waals surface area contributed by atoms with E-state index in [1.165, 1.54) is 5.56 Å². The molecule has 0 N–H and O–H groups in total. The molecule has 0 bridgehead atoms. The Morgan fingerprint density at radius 1 is 1.29 bits per heavy atom. The standard InChI is InChI=1S/C12H16O2/c1-9-7-11(5-4-6-13)8-10(2)12(9)14-3/h6-8H,4-5H2,1-3H3. The lowest BCUT2D eigenvalue weighted by Gasteiger charge is -2.10. The van der Waals surface area contributed by atoms with Crippen molar-refractivity contribution in [3.63, 3.8) is 0 Å². The highest BCUT2D eigenvalue weighted by atomic mass is 16.5. The fourth-order valence-corrected chi connectivity index (χ4v) is 1.73. The second-order valence-electron chi connectivity index (χ2n) is 3.47. The topological polar surface area (TPSA) is 26.3 Å². The van der Waals surface area contributed by atoms with Crippen LogP contribution in [0.5, 0.6) is 5.75 Å². The highest BCUT2D eigenvalue weighted by Crippen LogP contribution is 2.24. The van der Waals surface area contributed by atoms with Crippen LogP contribution in [0.25, 0.3) is 0 Å². The van der Waals surface area contributed by atoms with E-state index in [1.807, 2.05) is 13.8 Å². The Morgan fingerprint density at radius 3 is 2.29 bits per heavy atom. The van der Waals surface area contributed by atoms with Gasteiger partial charge in [-0.25, -0.2) is 0 Å². The first kappa shape index (κ1) is 10.8. The van der Waals surface area contributed by atoms with Crippen molar-refractivity contribution in [3.05, 3.63) is 28.8 Å². The van der Waals surface area contributed by atoms with Crippen LogP contribution in [0, 0.1) is 13.8 Å². The Kier molecular flexibility index (Phi) is 3.69. The number of benzene rings is 1. The Balaban J connectivity index is 2.95. The molecule has 0 fully saturated rings. The van der Waals surface area contributed by atoms with E-state index >= 15 is 0 Å². The Morgan fingerprint density at radius 2 is 1.86 bits per heavy atom. The normalized spacial score (nSPS) is 9.93. The molecule has 1 aromatic rings. The van der Waals surface area contributed by atoms with Crippen molar-refractivity contribution in [1.29, 1.82) is 0 Å². The summed E-state index contributed by atoms with van der Waals surface area (Å²) >= 11 is 0. The minimum atomic E-state index is 0.589. The largest absolute Gasteiger partial charge is 0.496 e. The van der Waals surface area contributed by atoms with Crippen LogP contribution in [0.2, 0.25) is 0 Å². The first-order chi connectivity index (χ1) is 6.69. The SMILES string of the molecule is COc1c(C)cc(CCC=O)cc1C. The quantitative estimate of drug-likeness (QED) is 0.685. The van der Waals surface area contributed by atoms with E-state index < -0.39 is 0 Å². The van der Waals surface area contributed by atoms with Crippen LogP contribution in [0.15, 0.2) is 12.1 Å². The molecule has 0 unspecified atom stereocenters. The van der Waals surface area contributed by atoms with Crippen molar-refractivity contribution in [2.75, 3.05) is 7.11 Å². The average Bonchev–Trinajstić information content (AvgIpc) is 2.14. The second kappa shape index (κ2) is 4.80. The lowest BCUT2D eigenvalue weighted by Crippen LogP contribution is -1.94. The predicted molar refractivity (Wildman–Crippen MR) is 56.9 cm³/mol. The zero-order valence-electron chi connectivity index (χ0n) is 8.96. The van der Waals surface area contributed by atoms with Crippen molar-refractivity contribution in [1.82, 2.24) is 0 Å². The summed E-state index contributed by atoms with van der Waals surface area (Å²) in [6.45, 7) is 4.05. The molecular weight excluding hydrogens is 176 g/mol. The summed E-state index contributed by atoms with van der Waals surface area (Å²) in [6, 6.07) is 4.16. The molecule has 1 rings (SSSR count). The highest BCUT2D eigenvalue weighted by Gasteiger charge is 2.04. The van der Waals surface area contributed by atoms with Gasteiger partial charge in [0, 0.05) is 6.42 Å². The molecule has 0 spiro atoms. The summed E-state index contributed by atoms with van der Waals surface area (Å²) in [5.74, 6) is 0.944. The van der Waals surface area contributed by atoms with Gasteiger partial charge in [-0.3, -0.25) is 0 Å². The minimum absolute atomic E-state index is 0.589. The predicted octanol–water partition coefficient (Wildman–Crippen LogP) is 2.44. The molecule has 2 nitrogen and oxygen atoms in total. The van der Waals surface area contributed by atoms with E-state index in [4.69, 9.17) is 4.74 Å². The molecule has 0 saturated heterocycles. The maximum Gasteiger partial charge on any atom is 0.124 e. The Bertz CT molecular complexity index is 306. The van der Waals surface area contributed by atoms with E-state index in [0.29, 0.717) is 6.42 Å². The molecule has 0 aromatic heterocycles. The lowest BCUT2D eigenvalue weighted by molar-refractivity contribution is -0.107. The van der Waals surface area contributed by atoms with Gasteiger partial charge in [0.25, 0.3) is 0 Å². The van der Waals surface area contributed by atoms with Crippen LogP contribution < -0.4 is 4.74 Å². The molecule has 0 radical (unpaired) electrons. The first-order valence-corrected chi connectivity index (χ1v) is 4.76. The van der Waals surface area contributed by atoms with E-state index in [9.17, 15) is 4.79 Å². The maximum absolute atomic E-state index is 10.2. The van der Waals surface area contributed by atoms with E-state index in [-0.39, 0.29) is 0 Å². The van der Waals surface area contributed by atoms with Crippen molar-refractivity contribution >= 4 is 6.29 Å². The molecule has 0 heterocycles. The third-order valence-electron chi connectivity index (χ3n) is 2.28. The van der Waals surface area contributed by atoms with E-state index in [2.05, 4.69) is 12.1 Å². The van der Waals surface area contributed by atoms with Crippen LogP contribution in [0.3, 0.4) is 0 Å². The molecule has 0 atom stereocenters. The molecule has 0 aliphatic rings. The molecular formula is C12H16O2. The maximum atomic E-state index is 10.2. The number of methoxy groups -OCH3 is 1. The number of carbonyl (C=O) groups excluding carboxylic acids is 1. The number of rotatable bonds is 4. The molecule has 0 saturated carbocycles. The summed E-state index contributed by atoms with van der Waals surface area (Å²) in [6.07, 6.45) is 2.36. The average molecular weight is 192 g/mol. The number of hydrogen-bond acceptors (Lipinski definition) is 2. The number of hydrogen-bond donors (Lipinski definition) is 0.